The number of rotatable bonds is 5. The molecule has 0 saturated heterocycles. The number of halogens is 2. The average Bonchev–Trinajstić information content (AvgIpc) is 2.59. The number of hydrogen-bond acceptors (Lipinski definition) is 5. The summed E-state index contributed by atoms with van der Waals surface area (Å²) in [4.78, 5) is 19.7. The van der Waals surface area contributed by atoms with Crippen molar-refractivity contribution < 1.29 is 9.90 Å². The maximum atomic E-state index is 10.9. The van der Waals surface area contributed by atoms with E-state index in [9.17, 15) is 4.79 Å². The maximum Gasteiger partial charge on any atom is 0.335 e. The van der Waals surface area contributed by atoms with Gasteiger partial charge in [0.15, 0.2) is 0 Å². The van der Waals surface area contributed by atoms with Crippen LogP contribution in [0.5, 0.6) is 0 Å². The second-order valence-electron chi connectivity index (χ2n) is 5.45. The lowest BCUT2D eigenvalue weighted by Crippen LogP contribution is -2.03. The van der Waals surface area contributed by atoms with E-state index in [1.54, 1.807) is 36.4 Å². The lowest BCUT2D eigenvalue weighted by Gasteiger charge is -2.11. The van der Waals surface area contributed by atoms with Crippen molar-refractivity contribution >= 4 is 52.3 Å². The van der Waals surface area contributed by atoms with Crippen LogP contribution in [0.4, 0.5) is 23.1 Å². The highest BCUT2D eigenvalue weighted by molar-refractivity contribution is 6.43. The van der Waals surface area contributed by atoms with Crippen molar-refractivity contribution in [3.8, 4) is 0 Å². The SMILES string of the molecule is Cc1cc(Nc2ccc(C(=O)O)cc2)nc(Nc2cccc(Cl)c2Cl)n1. The van der Waals surface area contributed by atoms with E-state index in [-0.39, 0.29) is 5.56 Å². The standard InChI is InChI=1S/C18H14Cl2N4O2/c1-10-9-15(22-12-7-5-11(6-8-12)17(25)26)24-18(21-10)23-14-4-2-3-13(19)16(14)20/h2-9H,1H3,(H,25,26)(H2,21,22,23,24). The molecule has 0 saturated carbocycles. The molecule has 8 heteroatoms. The number of carboxylic acid groups (broad SMARTS) is 1. The zero-order chi connectivity index (χ0) is 18.7. The fourth-order valence-electron chi connectivity index (χ4n) is 2.25. The van der Waals surface area contributed by atoms with Gasteiger partial charge in [-0.05, 0) is 43.3 Å². The molecule has 26 heavy (non-hydrogen) atoms. The molecular formula is C18H14Cl2N4O2. The van der Waals surface area contributed by atoms with Crippen LogP contribution in [0.15, 0.2) is 48.5 Å². The fourth-order valence-corrected chi connectivity index (χ4v) is 2.60. The van der Waals surface area contributed by atoms with Crippen LogP contribution in [-0.4, -0.2) is 21.0 Å². The average molecular weight is 389 g/mol. The van der Waals surface area contributed by atoms with Crippen molar-refractivity contribution in [2.24, 2.45) is 0 Å². The molecule has 0 amide bonds. The van der Waals surface area contributed by atoms with Gasteiger partial charge in [0, 0.05) is 17.4 Å². The Morgan fingerprint density at radius 3 is 2.46 bits per heavy atom. The van der Waals surface area contributed by atoms with Gasteiger partial charge in [0.05, 0.1) is 21.3 Å². The lowest BCUT2D eigenvalue weighted by molar-refractivity contribution is 0.0697. The molecule has 0 spiro atoms. The summed E-state index contributed by atoms with van der Waals surface area (Å²) < 4.78 is 0. The summed E-state index contributed by atoms with van der Waals surface area (Å²) in [6.45, 7) is 1.84. The lowest BCUT2D eigenvalue weighted by atomic mass is 10.2. The van der Waals surface area contributed by atoms with Crippen molar-refractivity contribution in [3.05, 3.63) is 69.8 Å². The number of nitrogens with one attached hydrogen (secondary N) is 2. The van der Waals surface area contributed by atoms with E-state index in [2.05, 4.69) is 20.6 Å². The number of aryl methyl sites for hydroxylation is 1. The van der Waals surface area contributed by atoms with E-state index in [0.29, 0.717) is 33.2 Å². The smallest absolute Gasteiger partial charge is 0.335 e. The first-order valence-corrected chi connectivity index (χ1v) is 8.35. The Morgan fingerprint density at radius 1 is 1.04 bits per heavy atom. The van der Waals surface area contributed by atoms with Crippen LogP contribution in [0.3, 0.4) is 0 Å². The van der Waals surface area contributed by atoms with Gasteiger partial charge in [0.25, 0.3) is 0 Å². The summed E-state index contributed by atoms with van der Waals surface area (Å²) in [6.07, 6.45) is 0. The normalized spacial score (nSPS) is 10.4. The highest BCUT2D eigenvalue weighted by atomic mass is 35.5. The minimum Gasteiger partial charge on any atom is -0.478 e. The van der Waals surface area contributed by atoms with Gasteiger partial charge in [0.1, 0.15) is 5.82 Å². The van der Waals surface area contributed by atoms with Crippen LogP contribution < -0.4 is 10.6 Å². The number of anilines is 4. The van der Waals surface area contributed by atoms with Crippen LogP contribution in [0.25, 0.3) is 0 Å². The second kappa shape index (κ2) is 7.59. The van der Waals surface area contributed by atoms with Crippen molar-refractivity contribution in [2.75, 3.05) is 10.6 Å². The largest absolute Gasteiger partial charge is 0.478 e. The molecule has 0 aliphatic heterocycles. The molecule has 0 aliphatic rings. The van der Waals surface area contributed by atoms with Crippen molar-refractivity contribution in [2.45, 2.75) is 6.92 Å². The van der Waals surface area contributed by atoms with Gasteiger partial charge in [-0.25, -0.2) is 9.78 Å². The molecule has 0 atom stereocenters. The number of carboxylic acids is 1. The third-order valence-corrected chi connectivity index (χ3v) is 4.28. The number of nitrogens with zero attached hydrogens (tertiary/aromatic N) is 2. The first-order chi connectivity index (χ1) is 12.4. The summed E-state index contributed by atoms with van der Waals surface area (Å²) >= 11 is 12.2. The van der Waals surface area contributed by atoms with Crippen LogP contribution in [0.1, 0.15) is 16.1 Å². The van der Waals surface area contributed by atoms with Crippen LogP contribution in [-0.2, 0) is 0 Å². The molecule has 1 aromatic heterocycles. The molecule has 0 unspecified atom stereocenters. The molecule has 3 aromatic rings. The van der Waals surface area contributed by atoms with Gasteiger partial charge in [-0.2, -0.15) is 4.98 Å². The molecule has 1 heterocycles. The molecule has 0 aliphatic carbocycles. The molecular weight excluding hydrogens is 375 g/mol. The molecule has 6 nitrogen and oxygen atoms in total. The molecule has 2 aromatic carbocycles. The number of aromatic carboxylic acids is 1. The van der Waals surface area contributed by atoms with Gasteiger partial charge < -0.3 is 15.7 Å². The Balaban J connectivity index is 1.83. The van der Waals surface area contributed by atoms with Gasteiger partial charge in [-0.15, -0.1) is 0 Å². The maximum absolute atomic E-state index is 10.9. The molecule has 0 fully saturated rings. The summed E-state index contributed by atoms with van der Waals surface area (Å²) in [6, 6.07) is 13.4. The van der Waals surface area contributed by atoms with E-state index >= 15 is 0 Å². The monoisotopic (exact) mass is 388 g/mol. The van der Waals surface area contributed by atoms with Crippen LogP contribution in [0.2, 0.25) is 10.0 Å². The third-order valence-electron chi connectivity index (χ3n) is 3.46. The zero-order valence-corrected chi connectivity index (χ0v) is 15.1. The van der Waals surface area contributed by atoms with E-state index in [1.165, 1.54) is 12.1 Å². The first kappa shape index (κ1) is 18.0. The summed E-state index contributed by atoms with van der Waals surface area (Å²) in [7, 11) is 0. The van der Waals surface area contributed by atoms with Gasteiger partial charge in [-0.1, -0.05) is 29.3 Å². The first-order valence-electron chi connectivity index (χ1n) is 7.59. The zero-order valence-electron chi connectivity index (χ0n) is 13.6. The summed E-state index contributed by atoms with van der Waals surface area (Å²) in [5, 5.41) is 15.9. The number of aromatic nitrogens is 2. The molecule has 132 valence electrons. The van der Waals surface area contributed by atoms with E-state index in [4.69, 9.17) is 28.3 Å². The Labute approximate surface area is 159 Å². The van der Waals surface area contributed by atoms with Gasteiger partial charge >= 0.3 is 5.97 Å². The van der Waals surface area contributed by atoms with E-state index < -0.39 is 5.97 Å². The minimum absolute atomic E-state index is 0.215. The second-order valence-corrected chi connectivity index (χ2v) is 6.24. The minimum atomic E-state index is -0.973. The Kier molecular flexibility index (Phi) is 5.25. The molecule has 0 radical (unpaired) electrons. The topological polar surface area (TPSA) is 87.1 Å². The molecule has 0 bridgehead atoms. The van der Waals surface area contributed by atoms with Gasteiger partial charge in [-0.3, -0.25) is 0 Å². The van der Waals surface area contributed by atoms with Crippen LogP contribution in [0, 0.1) is 6.92 Å². The van der Waals surface area contributed by atoms with Gasteiger partial charge in [0.2, 0.25) is 5.95 Å². The predicted molar refractivity (Wildman–Crippen MR) is 103 cm³/mol. The van der Waals surface area contributed by atoms with E-state index in [0.717, 1.165) is 5.69 Å². The van der Waals surface area contributed by atoms with E-state index in [1.807, 2.05) is 6.92 Å². The summed E-state index contributed by atoms with van der Waals surface area (Å²) in [5.41, 5.74) is 2.26. The number of benzene rings is 2. The van der Waals surface area contributed by atoms with Crippen molar-refractivity contribution in [3.63, 3.8) is 0 Å². The van der Waals surface area contributed by atoms with Crippen molar-refractivity contribution in [1.82, 2.24) is 9.97 Å². The Bertz CT molecular complexity index is 962. The van der Waals surface area contributed by atoms with Crippen molar-refractivity contribution in [1.29, 1.82) is 0 Å². The Hall–Kier alpha value is -2.83. The number of carbonyl (C=O) groups is 1. The Morgan fingerprint density at radius 2 is 1.77 bits per heavy atom. The number of hydrogen-bond donors (Lipinski definition) is 3. The molecule has 3 rings (SSSR count). The highest BCUT2D eigenvalue weighted by Crippen LogP contribution is 2.31. The quantitative estimate of drug-likeness (QED) is 0.551. The van der Waals surface area contributed by atoms with Crippen LogP contribution >= 0.6 is 23.2 Å². The predicted octanol–water partition coefficient (Wildman–Crippen LogP) is 5.28. The molecule has 3 N–H and O–H groups in total. The third kappa shape index (κ3) is 4.22. The highest BCUT2D eigenvalue weighted by Gasteiger charge is 2.08. The fraction of sp³-hybridized carbons (Fsp3) is 0.0556. The summed E-state index contributed by atoms with van der Waals surface area (Å²) in [5.74, 6) is -0.0561.